The van der Waals surface area contributed by atoms with Gasteiger partial charge in [0.15, 0.2) is 0 Å². The zero-order valence-corrected chi connectivity index (χ0v) is 27.3. The molecule has 0 amide bonds. The molecule has 0 bridgehead atoms. The van der Waals surface area contributed by atoms with Crippen LogP contribution >= 0.6 is 0 Å². The smallest absolute Gasteiger partial charge is 2.00 e. The van der Waals surface area contributed by atoms with Crippen molar-refractivity contribution in [2.45, 2.75) is 0 Å². The van der Waals surface area contributed by atoms with E-state index in [1.54, 1.807) is 0 Å². The van der Waals surface area contributed by atoms with Crippen LogP contribution in [0.1, 0.15) is 0 Å². The third kappa shape index (κ3) is 908. The first-order valence-corrected chi connectivity index (χ1v) is 11.6. The van der Waals surface area contributed by atoms with Crippen molar-refractivity contribution in [1.82, 2.24) is 0 Å². The summed E-state index contributed by atoms with van der Waals surface area (Å²) in [6.07, 6.45) is 0. The maximum atomic E-state index is 8.60. The van der Waals surface area contributed by atoms with Gasteiger partial charge in [-0.1, -0.05) is 0 Å². The fraction of sp³-hybridized carbons (Fsp3) is 0. The van der Waals surface area contributed by atoms with Gasteiger partial charge in [0.2, 0.25) is 0 Å². The van der Waals surface area contributed by atoms with Crippen LogP contribution < -0.4 is 24.0 Å². The first-order valence-electron chi connectivity index (χ1n) is 2.33. The van der Waals surface area contributed by atoms with E-state index in [1.165, 1.54) is 0 Å². The van der Waals surface area contributed by atoms with Crippen LogP contribution in [0.3, 0.4) is 0 Å². The van der Waals surface area contributed by atoms with Gasteiger partial charge >= 0.3 is 199 Å². The van der Waals surface area contributed by atoms with E-state index < -0.39 is 64.3 Å². The van der Waals surface area contributed by atoms with Crippen molar-refractivity contribution < 1.29 is 117 Å². The zero-order valence-electron chi connectivity index (χ0n) is 8.87. The van der Waals surface area contributed by atoms with Crippen LogP contribution in [0.25, 0.3) is 0 Å². The molecule has 0 unspecified atom stereocenters. The normalized spacial score (nSPS) is 7.90. The van der Waals surface area contributed by atoms with Crippen molar-refractivity contribution in [3.05, 3.63) is 0 Å². The standard InChI is InChI=1S/2Mn.2Nb.14O.3Pb/q;;;;;;;;;;;;6*-1;3*+2. The molecular weight excluding hydrogens is 1140 g/mol. The predicted octanol–water partition coefficient (Wildman–Crippen LogP) is -9.24. The van der Waals surface area contributed by atoms with E-state index in [-0.39, 0.29) is 81.9 Å². The van der Waals surface area contributed by atoms with E-state index in [9.17, 15) is 0 Å². The molecule has 0 aromatic rings. The average Bonchev–Trinajstić information content (AvgIpc) is 1.70. The maximum absolute atomic E-state index is 8.60. The fourth-order valence-corrected chi connectivity index (χ4v) is 0. The summed E-state index contributed by atoms with van der Waals surface area (Å²) in [7, 11) is 0. The average molecular weight is 1140 g/mol. The quantitative estimate of drug-likeness (QED) is 0.204. The van der Waals surface area contributed by atoms with Crippen LogP contribution in [0.4, 0.5) is 0 Å². The minimum atomic E-state index is -5.62. The second kappa shape index (κ2) is 25.7. The third-order valence-corrected chi connectivity index (χ3v) is 0. The topological polar surface area (TPSA) is 275 Å². The van der Waals surface area contributed by atoms with Gasteiger partial charge in [-0.05, 0) is 0 Å². The van der Waals surface area contributed by atoms with Gasteiger partial charge in [0, 0.05) is 0 Å². The van der Waals surface area contributed by atoms with Crippen molar-refractivity contribution in [2.75, 3.05) is 0 Å². The molecular formula is Mn2Nb2O14Pb3. The van der Waals surface area contributed by atoms with Gasteiger partial charge in [-0.2, -0.15) is 0 Å². The molecule has 21 heteroatoms. The van der Waals surface area contributed by atoms with Crippen LogP contribution in [0.2, 0.25) is 0 Å². The Labute approximate surface area is 194 Å². The van der Waals surface area contributed by atoms with E-state index in [2.05, 4.69) is 0 Å². The predicted molar refractivity (Wildman–Crippen MR) is 22.8 cm³/mol. The molecule has 0 saturated heterocycles. The molecule has 0 atom stereocenters. The minimum Gasteiger partial charge on any atom is 2.00 e. The molecule has 0 saturated carbocycles. The Kier molecular flexibility index (Phi) is 54.0. The Morgan fingerprint density at radius 1 is 0.524 bits per heavy atom. The van der Waals surface area contributed by atoms with Crippen molar-refractivity contribution in [1.29, 1.82) is 0 Å². The second-order valence-electron chi connectivity index (χ2n) is 1.20. The Bertz CT molecular complexity index is 441. The summed E-state index contributed by atoms with van der Waals surface area (Å²) < 4.78 is 120. The summed E-state index contributed by atoms with van der Waals surface area (Å²) in [5.74, 6) is 0. The summed E-state index contributed by atoms with van der Waals surface area (Å²) in [6.45, 7) is 0. The Morgan fingerprint density at radius 3 is 0.524 bits per heavy atom. The molecule has 0 aliphatic heterocycles. The molecule has 21 heavy (non-hydrogen) atoms. The van der Waals surface area contributed by atoms with Gasteiger partial charge in [-0.3, -0.25) is 0 Å². The van der Waals surface area contributed by atoms with Crippen molar-refractivity contribution >= 4 is 81.9 Å². The van der Waals surface area contributed by atoms with Crippen molar-refractivity contribution in [3.8, 4) is 0 Å². The summed E-state index contributed by atoms with van der Waals surface area (Å²) in [6, 6.07) is 0. The van der Waals surface area contributed by atoms with Gasteiger partial charge in [-0.25, -0.2) is 0 Å². The number of rotatable bonds is 0. The van der Waals surface area contributed by atoms with Crippen LogP contribution in [-0.4, -0.2) is 81.9 Å². The largest absolute Gasteiger partial charge is 2.00 e. The molecule has 6 radical (unpaired) electrons. The van der Waals surface area contributed by atoms with Crippen molar-refractivity contribution in [2.24, 2.45) is 0 Å². The first kappa shape index (κ1) is 44.2. The summed E-state index contributed by atoms with van der Waals surface area (Å²) in [4.78, 5) is 0. The molecule has 0 aromatic carbocycles. The SMILES string of the molecule is [O]=[Mn](=[O])([O-])[O-].[O]=[Mn](=[O])([O-])[O-].[O]=[Nb](=[O])[O-].[O]=[Nb](=[O])[O-].[Pb+2].[Pb+2].[Pb+2]. The number of hydrogen-bond acceptors (Lipinski definition) is 14. The molecule has 0 heterocycles. The zero-order chi connectivity index (χ0) is 16.2. The van der Waals surface area contributed by atoms with Gasteiger partial charge < -0.3 is 0 Å². The molecule has 0 fully saturated rings. The molecule has 0 rings (SSSR count). The molecule has 0 aromatic heterocycles. The molecule has 0 spiro atoms. The molecule has 0 aliphatic carbocycles. The van der Waals surface area contributed by atoms with E-state index in [4.69, 9.17) is 52.3 Å². The van der Waals surface area contributed by atoms with Gasteiger partial charge in [-0.15, -0.1) is 0 Å². The Balaban J connectivity index is -0.0000000239. The summed E-state index contributed by atoms with van der Waals surface area (Å²) in [5, 5.41) is 0. The Morgan fingerprint density at radius 2 is 0.524 bits per heavy atom. The second-order valence-corrected chi connectivity index (χ2v) is 5.76. The maximum Gasteiger partial charge on any atom is 2.00 e. The van der Waals surface area contributed by atoms with E-state index in [0.717, 1.165) is 0 Å². The fourth-order valence-electron chi connectivity index (χ4n) is 0. The minimum absolute atomic E-state index is 0. The Hall–Kier alpha value is 3.45. The summed E-state index contributed by atoms with van der Waals surface area (Å²) >= 11 is -19.7. The van der Waals surface area contributed by atoms with E-state index >= 15 is 0 Å². The molecule has 14 nitrogen and oxygen atoms in total. The van der Waals surface area contributed by atoms with Gasteiger partial charge in [0.1, 0.15) is 0 Å². The van der Waals surface area contributed by atoms with Crippen molar-refractivity contribution in [3.63, 3.8) is 0 Å². The molecule has 0 aliphatic rings. The van der Waals surface area contributed by atoms with E-state index in [1.807, 2.05) is 0 Å². The van der Waals surface area contributed by atoms with Crippen LogP contribution in [0.5, 0.6) is 0 Å². The monoisotopic (exact) mass is 1140 g/mol. The number of hydrogen-bond donors (Lipinski definition) is 0. The summed E-state index contributed by atoms with van der Waals surface area (Å²) in [5.41, 5.74) is 0. The van der Waals surface area contributed by atoms with E-state index in [0.29, 0.717) is 0 Å². The van der Waals surface area contributed by atoms with Gasteiger partial charge in [0.05, 0.1) is 0 Å². The van der Waals surface area contributed by atoms with Crippen LogP contribution in [0.15, 0.2) is 0 Å². The van der Waals surface area contributed by atoms with Crippen LogP contribution in [0, 0.1) is 0 Å². The molecule has 120 valence electrons. The van der Waals surface area contributed by atoms with Crippen LogP contribution in [-0.2, 0) is 92.6 Å². The first-order chi connectivity index (χ1) is 7.46. The van der Waals surface area contributed by atoms with Gasteiger partial charge in [0.25, 0.3) is 0 Å². The molecule has 0 N–H and O–H groups in total. The third-order valence-electron chi connectivity index (χ3n) is 0.